The third kappa shape index (κ3) is 3.47. The second kappa shape index (κ2) is 5.54. The van der Waals surface area contributed by atoms with Crippen molar-refractivity contribution in [1.82, 2.24) is 0 Å². The molecule has 0 unspecified atom stereocenters. The molecular weight excluding hydrogens is 210 g/mol. The van der Waals surface area contributed by atoms with Crippen LogP contribution in [0.25, 0.3) is 0 Å². The lowest BCUT2D eigenvalue weighted by molar-refractivity contribution is 0.367. The second-order valence-corrected chi connectivity index (χ2v) is 5.30. The van der Waals surface area contributed by atoms with Gasteiger partial charge in [0.1, 0.15) is 5.75 Å². The van der Waals surface area contributed by atoms with E-state index in [1.165, 1.54) is 31.2 Å². The van der Waals surface area contributed by atoms with Crippen molar-refractivity contribution < 1.29 is 4.74 Å². The van der Waals surface area contributed by atoms with Gasteiger partial charge in [0.2, 0.25) is 0 Å². The van der Waals surface area contributed by atoms with Crippen molar-refractivity contribution in [3.8, 4) is 5.75 Å². The fourth-order valence-electron chi connectivity index (χ4n) is 2.80. The van der Waals surface area contributed by atoms with E-state index in [1.807, 2.05) is 12.1 Å². The number of nitrogens with two attached hydrogens (primary N) is 1. The van der Waals surface area contributed by atoms with E-state index in [2.05, 4.69) is 12.1 Å². The van der Waals surface area contributed by atoms with Crippen LogP contribution in [0.15, 0.2) is 24.3 Å². The maximum absolute atomic E-state index is 6.54. The summed E-state index contributed by atoms with van der Waals surface area (Å²) in [6, 6.07) is 8.30. The number of ether oxygens (including phenoxy) is 1. The molecule has 1 aromatic carbocycles. The highest BCUT2D eigenvalue weighted by atomic mass is 16.5. The van der Waals surface area contributed by atoms with Gasteiger partial charge in [0.05, 0.1) is 7.11 Å². The largest absolute Gasteiger partial charge is 0.497 e. The van der Waals surface area contributed by atoms with Crippen LogP contribution in [0.4, 0.5) is 0 Å². The molecule has 0 atom stereocenters. The van der Waals surface area contributed by atoms with Gasteiger partial charge in [-0.05, 0) is 37.0 Å². The lowest BCUT2D eigenvalue weighted by atomic mass is 9.85. The van der Waals surface area contributed by atoms with Crippen LogP contribution in [0.3, 0.4) is 0 Å². The van der Waals surface area contributed by atoms with E-state index in [0.29, 0.717) is 0 Å². The molecule has 0 spiro atoms. The Hall–Kier alpha value is -1.02. The molecule has 0 amide bonds. The maximum Gasteiger partial charge on any atom is 0.119 e. The first kappa shape index (κ1) is 12.4. The van der Waals surface area contributed by atoms with Gasteiger partial charge in [-0.15, -0.1) is 0 Å². The number of hydrogen-bond acceptors (Lipinski definition) is 2. The Kier molecular flexibility index (Phi) is 4.06. The van der Waals surface area contributed by atoms with E-state index in [1.54, 1.807) is 7.11 Å². The van der Waals surface area contributed by atoms with E-state index in [4.69, 9.17) is 10.5 Å². The Balaban J connectivity index is 2.07. The van der Waals surface area contributed by atoms with Gasteiger partial charge in [-0.2, -0.15) is 0 Å². The quantitative estimate of drug-likeness (QED) is 0.813. The van der Waals surface area contributed by atoms with Gasteiger partial charge in [-0.25, -0.2) is 0 Å². The predicted molar refractivity (Wildman–Crippen MR) is 71.3 cm³/mol. The van der Waals surface area contributed by atoms with Crippen LogP contribution in [0, 0.1) is 0 Å². The zero-order valence-electron chi connectivity index (χ0n) is 10.7. The SMILES string of the molecule is COc1cccc(CC2(N)CCCCCC2)c1. The molecule has 2 N–H and O–H groups in total. The van der Waals surface area contributed by atoms with Crippen molar-refractivity contribution in [2.75, 3.05) is 7.11 Å². The lowest BCUT2D eigenvalue weighted by Gasteiger charge is -2.28. The van der Waals surface area contributed by atoms with E-state index < -0.39 is 0 Å². The molecule has 0 radical (unpaired) electrons. The molecule has 2 nitrogen and oxygen atoms in total. The molecule has 1 aliphatic rings. The standard InChI is InChI=1S/C15H23NO/c1-17-14-8-6-7-13(11-14)12-15(16)9-4-2-3-5-10-15/h6-8,11H,2-5,9-10,12,16H2,1H3. The van der Waals surface area contributed by atoms with Gasteiger partial charge in [0.15, 0.2) is 0 Å². The molecule has 1 saturated carbocycles. The summed E-state index contributed by atoms with van der Waals surface area (Å²) >= 11 is 0. The van der Waals surface area contributed by atoms with Crippen molar-refractivity contribution in [2.45, 2.75) is 50.5 Å². The Bertz CT molecular complexity index is 354. The Morgan fingerprint density at radius 1 is 1.18 bits per heavy atom. The Labute approximate surface area is 104 Å². The van der Waals surface area contributed by atoms with Crippen LogP contribution < -0.4 is 10.5 Å². The monoisotopic (exact) mass is 233 g/mol. The summed E-state index contributed by atoms with van der Waals surface area (Å²) < 4.78 is 5.26. The fraction of sp³-hybridized carbons (Fsp3) is 0.600. The average molecular weight is 233 g/mol. The summed E-state index contributed by atoms with van der Waals surface area (Å²) in [5.41, 5.74) is 7.84. The highest BCUT2D eigenvalue weighted by Gasteiger charge is 2.26. The molecule has 94 valence electrons. The minimum atomic E-state index is 0.00284. The summed E-state index contributed by atoms with van der Waals surface area (Å²) in [4.78, 5) is 0. The van der Waals surface area contributed by atoms with Crippen LogP contribution >= 0.6 is 0 Å². The van der Waals surface area contributed by atoms with Crippen LogP contribution in [-0.2, 0) is 6.42 Å². The van der Waals surface area contributed by atoms with Crippen LogP contribution in [0.1, 0.15) is 44.1 Å². The number of hydrogen-bond donors (Lipinski definition) is 1. The van der Waals surface area contributed by atoms with Gasteiger partial charge >= 0.3 is 0 Å². The van der Waals surface area contributed by atoms with E-state index in [-0.39, 0.29) is 5.54 Å². The van der Waals surface area contributed by atoms with Crippen molar-refractivity contribution >= 4 is 0 Å². The minimum absolute atomic E-state index is 0.00284. The molecule has 0 saturated heterocycles. The smallest absolute Gasteiger partial charge is 0.119 e. The second-order valence-electron chi connectivity index (χ2n) is 5.30. The van der Waals surface area contributed by atoms with Crippen molar-refractivity contribution in [3.05, 3.63) is 29.8 Å². The first-order valence-corrected chi connectivity index (χ1v) is 6.64. The summed E-state index contributed by atoms with van der Waals surface area (Å²) in [6.07, 6.45) is 8.54. The zero-order valence-corrected chi connectivity index (χ0v) is 10.7. The molecule has 0 aromatic heterocycles. The maximum atomic E-state index is 6.54. The third-order valence-corrected chi connectivity index (χ3v) is 3.79. The summed E-state index contributed by atoms with van der Waals surface area (Å²) in [7, 11) is 1.71. The molecule has 2 rings (SSSR count). The number of rotatable bonds is 3. The van der Waals surface area contributed by atoms with Crippen LogP contribution in [0.2, 0.25) is 0 Å². The van der Waals surface area contributed by atoms with Gasteiger partial charge in [0, 0.05) is 5.54 Å². The first-order chi connectivity index (χ1) is 8.22. The Morgan fingerprint density at radius 2 is 1.88 bits per heavy atom. The van der Waals surface area contributed by atoms with Gasteiger partial charge in [-0.1, -0.05) is 37.8 Å². The molecule has 0 bridgehead atoms. The minimum Gasteiger partial charge on any atom is -0.497 e. The average Bonchev–Trinajstić information content (AvgIpc) is 2.54. The van der Waals surface area contributed by atoms with Crippen molar-refractivity contribution in [3.63, 3.8) is 0 Å². The molecule has 1 aliphatic carbocycles. The Morgan fingerprint density at radius 3 is 2.53 bits per heavy atom. The van der Waals surface area contributed by atoms with Crippen molar-refractivity contribution in [1.29, 1.82) is 0 Å². The van der Waals surface area contributed by atoms with E-state index in [0.717, 1.165) is 25.0 Å². The van der Waals surface area contributed by atoms with Gasteiger partial charge in [-0.3, -0.25) is 0 Å². The third-order valence-electron chi connectivity index (χ3n) is 3.79. The molecule has 17 heavy (non-hydrogen) atoms. The van der Waals surface area contributed by atoms with Crippen molar-refractivity contribution in [2.24, 2.45) is 5.73 Å². The first-order valence-electron chi connectivity index (χ1n) is 6.64. The molecule has 0 aliphatic heterocycles. The summed E-state index contributed by atoms with van der Waals surface area (Å²) in [5, 5.41) is 0. The van der Waals surface area contributed by atoms with Crippen LogP contribution in [-0.4, -0.2) is 12.6 Å². The molecular formula is C15H23NO. The number of benzene rings is 1. The molecule has 1 aromatic rings. The van der Waals surface area contributed by atoms with E-state index >= 15 is 0 Å². The van der Waals surface area contributed by atoms with Gasteiger partial charge in [0.25, 0.3) is 0 Å². The van der Waals surface area contributed by atoms with E-state index in [9.17, 15) is 0 Å². The summed E-state index contributed by atoms with van der Waals surface area (Å²) in [5.74, 6) is 0.930. The summed E-state index contributed by atoms with van der Waals surface area (Å²) in [6.45, 7) is 0. The normalized spacial score (nSPS) is 19.6. The molecule has 1 fully saturated rings. The fourth-order valence-corrected chi connectivity index (χ4v) is 2.80. The topological polar surface area (TPSA) is 35.2 Å². The number of methoxy groups -OCH3 is 1. The lowest BCUT2D eigenvalue weighted by Crippen LogP contribution is -2.41. The molecule has 2 heteroatoms. The van der Waals surface area contributed by atoms with Gasteiger partial charge < -0.3 is 10.5 Å². The predicted octanol–water partition coefficient (Wildman–Crippen LogP) is 3.29. The zero-order chi connectivity index (χ0) is 12.1. The highest BCUT2D eigenvalue weighted by Crippen LogP contribution is 2.28. The molecule has 0 heterocycles. The van der Waals surface area contributed by atoms with Crippen LogP contribution in [0.5, 0.6) is 5.75 Å². The highest BCUT2D eigenvalue weighted by molar-refractivity contribution is 5.29.